The standard InChI is InChI=1S/C25H26F2N2O5S/c1-35-11-10-20(22(30)29-14-25(26,27)12-21(29)23(31)32)28-24(33)34-13-19-17-8-4-2-6-15(17)16-7-3-5-9-18(16)19/h2-9,19-21H,10-14H2,1H3,(H,28,33)(H,31,32)/t20?,21-/m0/s1. The summed E-state index contributed by atoms with van der Waals surface area (Å²) in [5.74, 6) is -5.37. The molecule has 2 atom stereocenters. The van der Waals surface area contributed by atoms with Crippen LogP contribution in [0.3, 0.4) is 0 Å². The molecule has 2 amide bonds. The first kappa shape index (κ1) is 25.0. The first-order valence-electron chi connectivity index (χ1n) is 11.2. The van der Waals surface area contributed by atoms with Crippen molar-refractivity contribution >= 4 is 29.7 Å². The van der Waals surface area contributed by atoms with Gasteiger partial charge in [-0.05, 0) is 40.7 Å². The maximum Gasteiger partial charge on any atom is 0.407 e. The van der Waals surface area contributed by atoms with Crippen LogP contribution in [-0.2, 0) is 14.3 Å². The molecule has 1 fully saturated rings. The van der Waals surface area contributed by atoms with Crippen LogP contribution in [0, 0.1) is 0 Å². The zero-order valence-corrected chi connectivity index (χ0v) is 19.9. The van der Waals surface area contributed by atoms with E-state index < -0.39 is 48.9 Å². The van der Waals surface area contributed by atoms with Crippen LogP contribution in [0.4, 0.5) is 13.6 Å². The van der Waals surface area contributed by atoms with Crippen LogP contribution < -0.4 is 5.32 Å². The van der Waals surface area contributed by atoms with Crippen molar-refractivity contribution in [1.29, 1.82) is 0 Å². The van der Waals surface area contributed by atoms with Crippen LogP contribution in [0.1, 0.15) is 29.9 Å². The van der Waals surface area contributed by atoms with Crippen molar-refractivity contribution < 1.29 is 33.0 Å². The molecule has 0 aromatic heterocycles. The Labute approximate surface area is 205 Å². The zero-order valence-electron chi connectivity index (χ0n) is 19.1. The van der Waals surface area contributed by atoms with Crippen molar-refractivity contribution in [2.24, 2.45) is 0 Å². The highest BCUT2D eigenvalue weighted by Gasteiger charge is 2.51. The van der Waals surface area contributed by atoms with Gasteiger partial charge in [0.15, 0.2) is 0 Å². The minimum absolute atomic E-state index is 0.0306. The van der Waals surface area contributed by atoms with Crippen LogP contribution in [0.5, 0.6) is 0 Å². The Morgan fingerprint density at radius 2 is 1.74 bits per heavy atom. The number of carboxylic acids is 1. The number of carbonyl (C=O) groups is 3. The Morgan fingerprint density at radius 1 is 1.14 bits per heavy atom. The van der Waals surface area contributed by atoms with Crippen molar-refractivity contribution in [1.82, 2.24) is 10.2 Å². The molecule has 2 aromatic rings. The number of carbonyl (C=O) groups excluding carboxylic acids is 2. The number of thioether (sulfide) groups is 1. The number of alkyl halides is 2. The van der Waals surface area contributed by atoms with Crippen molar-refractivity contribution in [2.75, 3.05) is 25.2 Å². The highest BCUT2D eigenvalue weighted by Crippen LogP contribution is 2.44. The number of benzene rings is 2. The number of rotatable bonds is 8. The molecule has 1 saturated heterocycles. The van der Waals surface area contributed by atoms with Crippen molar-refractivity contribution in [2.45, 2.75) is 36.8 Å². The monoisotopic (exact) mass is 504 g/mol. The fraction of sp³-hybridized carbons (Fsp3) is 0.400. The summed E-state index contributed by atoms with van der Waals surface area (Å²) >= 11 is 1.41. The number of ether oxygens (including phenoxy) is 1. The number of fused-ring (bicyclic) bond motifs is 3. The van der Waals surface area contributed by atoms with Gasteiger partial charge in [0.2, 0.25) is 5.91 Å². The lowest BCUT2D eigenvalue weighted by molar-refractivity contribution is -0.149. The summed E-state index contributed by atoms with van der Waals surface area (Å²) in [5.41, 5.74) is 4.19. The maximum atomic E-state index is 13.9. The molecule has 1 unspecified atom stereocenters. The lowest BCUT2D eigenvalue weighted by atomic mass is 9.98. The maximum absolute atomic E-state index is 13.9. The molecule has 1 aliphatic heterocycles. The summed E-state index contributed by atoms with van der Waals surface area (Å²) in [6.07, 6.45) is 0.148. The number of carboxylic acid groups (broad SMARTS) is 1. The van der Waals surface area contributed by atoms with Crippen LogP contribution >= 0.6 is 11.8 Å². The van der Waals surface area contributed by atoms with Gasteiger partial charge in [-0.2, -0.15) is 11.8 Å². The molecule has 2 N–H and O–H groups in total. The average Bonchev–Trinajstić information content (AvgIpc) is 3.34. The minimum Gasteiger partial charge on any atom is -0.480 e. The number of alkyl carbamates (subject to hydrolysis) is 1. The van der Waals surface area contributed by atoms with E-state index >= 15 is 0 Å². The molecule has 0 radical (unpaired) electrons. The molecule has 0 bridgehead atoms. The van der Waals surface area contributed by atoms with Crippen LogP contribution in [0.25, 0.3) is 11.1 Å². The Morgan fingerprint density at radius 3 is 2.31 bits per heavy atom. The molecule has 1 heterocycles. The SMILES string of the molecule is CSCCC(NC(=O)OCC1c2ccccc2-c2ccccc21)C(=O)N1CC(F)(F)C[C@H]1C(=O)O. The van der Waals surface area contributed by atoms with Gasteiger partial charge >= 0.3 is 12.1 Å². The van der Waals surface area contributed by atoms with Crippen molar-refractivity contribution in [3.63, 3.8) is 0 Å². The molecule has 0 spiro atoms. The lowest BCUT2D eigenvalue weighted by Gasteiger charge is -2.27. The molecule has 35 heavy (non-hydrogen) atoms. The van der Waals surface area contributed by atoms with Gasteiger partial charge in [-0.25, -0.2) is 18.4 Å². The number of amides is 2. The predicted octanol–water partition coefficient (Wildman–Crippen LogP) is 3.97. The van der Waals surface area contributed by atoms with Gasteiger partial charge in [0.05, 0.1) is 6.54 Å². The Kier molecular flexibility index (Phi) is 7.30. The van der Waals surface area contributed by atoms with Crippen LogP contribution in [0.15, 0.2) is 48.5 Å². The molecule has 7 nitrogen and oxygen atoms in total. The fourth-order valence-corrected chi connectivity index (χ4v) is 5.22. The van der Waals surface area contributed by atoms with E-state index in [2.05, 4.69) is 5.32 Å². The third-order valence-corrected chi connectivity index (χ3v) is 7.03. The molecule has 1 aliphatic carbocycles. The summed E-state index contributed by atoms with van der Waals surface area (Å²) in [5, 5.41) is 11.8. The zero-order chi connectivity index (χ0) is 25.2. The number of nitrogens with zero attached hydrogens (tertiary/aromatic N) is 1. The Hall–Kier alpha value is -3.14. The number of halogens is 2. The topological polar surface area (TPSA) is 95.9 Å². The van der Waals surface area contributed by atoms with E-state index in [1.807, 2.05) is 48.5 Å². The molecule has 2 aliphatic rings. The quantitative estimate of drug-likeness (QED) is 0.565. The summed E-state index contributed by atoms with van der Waals surface area (Å²) in [6, 6.07) is 12.9. The number of hydrogen-bond donors (Lipinski definition) is 2. The normalized spacial score (nSPS) is 19.1. The second kappa shape index (κ2) is 10.2. The third kappa shape index (κ3) is 5.27. The molecule has 4 rings (SSSR count). The van der Waals surface area contributed by atoms with Gasteiger partial charge in [0.1, 0.15) is 18.7 Å². The van der Waals surface area contributed by atoms with Crippen LogP contribution in [-0.4, -0.2) is 71.1 Å². The largest absolute Gasteiger partial charge is 0.480 e. The van der Waals surface area contributed by atoms with E-state index in [1.165, 1.54) is 11.8 Å². The van der Waals surface area contributed by atoms with Crippen molar-refractivity contribution in [3.8, 4) is 11.1 Å². The van der Waals surface area contributed by atoms with Gasteiger partial charge in [0.25, 0.3) is 5.92 Å². The van der Waals surface area contributed by atoms with E-state index in [1.54, 1.807) is 6.26 Å². The van der Waals surface area contributed by atoms with Crippen molar-refractivity contribution in [3.05, 3.63) is 59.7 Å². The minimum atomic E-state index is -3.30. The molecular weight excluding hydrogens is 478 g/mol. The van der Waals surface area contributed by atoms with Gasteiger partial charge in [-0.15, -0.1) is 0 Å². The number of aliphatic carboxylic acids is 1. The third-order valence-electron chi connectivity index (χ3n) is 6.38. The first-order valence-corrected chi connectivity index (χ1v) is 12.6. The summed E-state index contributed by atoms with van der Waals surface area (Å²) in [7, 11) is 0. The molecular formula is C25H26F2N2O5S. The molecule has 186 valence electrons. The van der Waals surface area contributed by atoms with E-state index in [-0.39, 0.29) is 18.9 Å². The molecule has 0 saturated carbocycles. The van der Waals surface area contributed by atoms with E-state index in [0.717, 1.165) is 22.3 Å². The lowest BCUT2D eigenvalue weighted by Crippen LogP contribution is -2.52. The van der Waals surface area contributed by atoms with E-state index in [0.29, 0.717) is 10.7 Å². The highest BCUT2D eigenvalue weighted by atomic mass is 32.2. The van der Waals surface area contributed by atoms with Gasteiger partial charge < -0.3 is 20.1 Å². The predicted molar refractivity (Wildman–Crippen MR) is 128 cm³/mol. The average molecular weight is 505 g/mol. The number of likely N-dealkylation sites (tertiary alicyclic amines) is 1. The van der Waals surface area contributed by atoms with Crippen LogP contribution in [0.2, 0.25) is 0 Å². The Balaban J connectivity index is 1.45. The second-order valence-electron chi connectivity index (χ2n) is 8.68. The fourth-order valence-electron chi connectivity index (χ4n) is 4.74. The summed E-state index contributed by atoms with van der Waals surface area (Å²) in [6.45, 7) is -0.965. The second-order valence-corrected chi connectivity index (χ2v) is 9.67. The van der Waals surface area contributed by atoms with Gasteiger partial charge in [0, 0.05) is 12.3 Å². The summed E-state index contributed by atoms with van der Waals surface area (Å²) < 4.78 is 33.3. The van der Waals surface area contributed by atoms with Gasteiger partial charge in [-0.3, -0.25) is 4.79 Å². The molecule has 10 heteroatoms. The highest BCUT2D eigenvalue weighted by molar-refractivity contribution is 7.98. The van der Waals surface area contributed by atoms with E-state index in [4.69, 9.17) is 4.74 Å². The summed E-state index contributed by atoms with van der Waals surface area (Å²) in [4.78, 5) is 37.8. The Bertz CT molecular complexity index is 1080. The number of nitrogens with one attached hydrogen (secondary N) is 1. The first-order chi connectivity index (χ1) is 16.7. The van der Waals surface area contributed by atoms with Gasteiger partial charge in [-0.1, -0.05) is 48.5 Å². The van der Waals surface area contributed by atoms with E-state index in [9.17, 15) is 28.3 Å². The smallest absolute Gasteiger partial charge is 0.407 e. The molecule has 2 aromatic carbocycles. The number of hydrogen-bond acceptors (Lipinski definition) is 5.